The van der Waals surface area contributed by atoms with Gasteiger partial charge in [0.1, 0.15) is 11.6 Å². The van der Waals surface area contributed by atoms with E-state index in [1.54, 1.807) is 6.92 Å². The van der Waals surface area contributed by atoms with Gasteiger partial charge in [-0.25, -0.2) is 10.4 Å². The first-order chi connectivity index (χ1) is 17.2. The van der Waals surface area contributed by atoms with Gasteiger partial charge in [-0.2, -0.15) is 0 Å². The van der Waals surface area contributed by atoms with Crippen LogP contribution < -0.4 is 10.7 Å². The number of fused-ring (bicyclic) bond motifs is 1. The van der Waals surface area contributed by atoms with E-state index in [9.17, 15) is 14.4 Å². The van der Waals surface area contributed by atoms with E-state index in [4.69, 9.17) is 0 Å². The van der Waals surface area contributed by atoms with Crippen molar-refractivity contribution in [3.05, 3.63) is 35.4 Å². The Balaban J connectivity index is 0.000000491. The Hall–Kier alpha value is -2.05. The third-order valence-corrected chi connectivity index (χ3v) is 7.75. The van der Waals surface area contributed by atoms with Crippen LogP contribution >= 0.6 is 0 Å². The highest BCUT2D eigenvalue weighted by atomic mass is 16.1. The second-order valence-electron chi connectivity index (χ2n) is 10.3. The largest absolute Gasteiger partial charge is 0.329 e. The number of nitrogens with one attached hydrogen (secondary N) is 2. The van der Waals surface area contributed by atoms with Crippen molar-refractivity contribution in [3.63, 3.8) is 0 Å². The maximum absolute atomic E-state index is 13.0. The lowest BCUT2D eigenvalue weighted by atomic mass is 9.78. The molecule has 1 aliphatic heterocycles. The van der Waals surface area contributed by atoms with Crippen molar-refractivity contribution in [1.82, 2.24) is 15.8 Å². The molecule has 0 bridgehead atoms. The summed E-state index contributed by atoms with van der Waals surface area (Å²) in [6, 6.07) is 8.60. The van der Waals surface area contributed by atoms with Gasteiger partial charge < -0.3 is 5.32 Å². The van der Waals surface area contributed by atoms with Crippen LogP contribution in [-0.4, -0.2) is 35.8 Å². The minimum atomic E-state index is 0.0995. The monoisotopic (exact) mass is 501 g/mol. The second kappa shape index (κ2) is 16.6. The minimum absolute atomic E-state index is 0.0995. The van der Waals surface area contributed by atoms with Crippen molar-refractivity contribution in [3.8, 4) is 0 Å². The van der Waals surface area contributed by atoms with Crippen LogP contribution in [0, 0.1) is 29.6 Å². The van der Waals surface area contributed by atoms with Gasteiger partial charge in [-0.1, -0.05) is 85.6 Å². The Bertz CT molecular complexity index is 787. The Morgan fingerprint density at radius 2 is 1.67 bits per heavy atom. The smallest absolute Gasteiger partial charge is 0.209 e. The first-order valence-electron chi connectivity index (χ1n) is 14.0. The van der Waals surface area contributed by atoms with Crippen molar-refractivity contribution >= 4 is 18.0 Å². The zero-order valence-corrected chi connectivity index (χ0v) is 24.0. The molecule has 204 valence electrons. The number of rotatable bonds is 13. The van der Waals surface area contributed by atoms with E-state index in [1.165, 1.54) is 11.1 Å². The maximum Gasteiger partial charge on any atom is 0.209 e. The van der Waals surface area contributed by atoms with Crippen molar-refractivity contribution in [1.29, 1.82) is 0 Å². The third-order valence-electron chi connectivity index (χ3n) is 7.75. The number of ketones is 2. The third kappa shape index (κ3) is 10.1. The summed E-state index contributed by atoms with van der Waals surface area (Å²) in [5.41, 5.74) is 5.81. The predicted molar refractivity (Wildman–Crippen MR) is 148 cm³/mol. The molecule has 36 heavy (non-hydrogen) atoms. The molecule has 1 heterocycles. The summed E-state index contributed by atoms with van der Waals surface area (Å²) in [5, 5.41) is 4.56. The van der Waals surface area contributed by atoms with Crippen LogP contribution in [0.1, 0.15) is 92.2 Å². The number of carbonyl (C=O) groups excluding carboxylic acids is 3. The molecule has 1 aromatic carbocycles. The summed E-state index contributed by atoms with van der Waals surface area (Å²) < 4.78 is 0. The molecule has 0 saturated carbocycles. The molecule has 1 fully saturated rings. The molecule has 0 aromatic heterocycles. The van der Waals surface area contributed by atoms with Crippen molar-refractivity contribution in [2.45, 2.75) is 100 Å². The summed E-state index contributed by atoms with van der Waals surface area (Å²) in [7, 11) is 0. The number of benzene rings is 1. The van der Waals surface area contributed by atoms with E-state index in [1.807, 2.05) is 25.8 Å². The molecule has 1 amide bonds. The fourth-order valence-corrected chi connectivity index (χ4v) is 4.82. The molecule has 1 aliphatic carbocycles. The van der Waals surface area contributed by atoms with E-state index in [0.717, 1.165) is 45.1 Å². The highest BCUT2D eigenvalue weighted by molar-refractivity contribution is 5.83. The molecular formula is C30H51N3O3. The maximum atomic E-state index is 13.0. The zero-order chi connectivity index (χ0) is 27.3. The van der Waals surface area contributed by atoms with E-state index in [-0.39, 0.29) is 29.8 Å². The number of amides is 1. The fraction of sp³-hybridized carbons (Fsp3) is 0.700. The summed E-state index contributed by atoms with van der Waals surface area (Å²) in [4.78, 5) is 34.1. The number of Topliss-reactive ketones (excluding diaryl/α,β-unsaturated/α-hetero) is 2. The number of hydrogen-bond donors (Lipinski definition) is 2. The summed E-state index contributed by atoms with van der Waals surface area (Å²) in [6.07, 6.45) is 6.99. The van der Waals surface area contributed by atoms with E-state index in [0.29, 0.717) is 24.0 Å². The molecule has 6 atom stereocenters. The average Bonchev–Trinajstić information content (AvgIpc) is 3.46. The normalized spacial score (nSPS) is 21.3. The summed E-state index contributed by atoms with van der Waals surface area (Å²) >= 11 is 0. The number of nitrogens with zero attached hydrogens (tertiary/aromatic N) is 1. The van der Waals surface area contributed by atoms with Crippen molar-refractivity contribution < 1.29 is 14.4 Å². The molecule has 1 aromatic rings. The molecule has 0 spiro atoms. The fourth-order valence-electron chi connectivity index (χ4n) is 4.82. The molecule has 1 saturated heterocycles. The number of hydrogen-bond acceptors (Lipinski definition) is 5. The summed E-state index contributed by atoms with van der Waals surface area (Å²) in [6.45, 7) is 17.2. The molecule has 6 unspecified atom stereocenters. The van der Waals surface area contributed by atoms with Crippen molar-refractivity contribution in [2.75, 3.05) is 6.54 Å². The van der Waals surface area contributed by atoms with Gasteiger partial charge in [-0.3, -0.25) is 14.4 Å². The Labute approximate surface area is 220 Å². The van der Waals surface area contributed by atoms with Gasteiger partial charge in [0.25, 0.3) is 0 Å². The van der Waals surface area contributed by atoms with Gasteiger partial charge in [0.15, 0.2) is 6.29 Å². The average molecular weight is 502 g/mol. The van der Waals surface area contributed by atoms with Crippen LogP contribution in [0.2, 0.25) is 0 Å². The minimum Gasteiger partial charge on any atom is -0.329 e. The van der Waals surface area contributed by atoms with Gasteiger partial charge in [0, 0.05) is 24.3 Å². The molecule has 3 rings (SSSR count). The first kappa shape index (κ1) is 32.0. The topological polar surface area (TPSA) is 88.2 Å². The Morgan fingerprint density at radius 1 is 1.08 bits per heavy atom. The highest BCUT2D eigenvalue weighted by Crippen LogP contribution is 2.34. The predicted octanol–water partition coefficient (Wildman–Crippen LogP) is 5.55. The van der Waals surface area contributed by atoms with E-state index in [2.05, 4.69) is 62.7 Å². The van der Waals surface area contributed by atoms with Gasteiger partial charge in [-0.05, 0) is 55.6 Å². The van der Waals surface area contributed by atoms with Gasteiger partial charge in [-0.15, -0.1) is 0 Å². The van der Waals surface area contributed by atoms with Gasteiger partial charge in [0.05, 0.1) is 0 Å². The van der Waals surface area contributed by atoms with Crippen LogP contribution in [0.4, 0.5) is 0 Å². The van der Waals surface area contributed by atoms with Crippen LogP contribution in [0.5, 0.6) is 0 Å². The lowest BCUT2D eigenvalue weighted by molar-refractivity contribution is -0.129. The van der Waals surface area contributed by atoms with Crippen molar-refractivity contribution in [2.24, 2.45) is 29.6 Å². The lowest BCUT2D eigenvalue weighted by Crippen LogP contribution is -2.30. The molecule has 0 radical (unpaired) electrons. The number of hydrazine groups is 1. The quantitative estimate of drug-likeness (QED) is 0.273. The standard InChI is InChI=1S/C23H34O2.C5H11N3O.C2H6/c1-15(9-8-10-16(2)19(5)24)17(3)23(25)18(4)22-13-20-11-6-7-12-21(20)14-22;1-2-3-8-5(7-8)6-4-9;1-2/h6-7,11-12,15-18,22H,8-10,13-14H2,1-5H3;4-5,7H,2-3H2,1H3,(H,6,9);1-2H3. The van der Waals surface area contributed by atoms with Crippen LogP contribution in [0.15, 0.2) is 24.3 Å². The molecular weight excluding hydrogens is 450 g/mol. The summed E-state index contributed by atoms with van der Waals surface area (Å²) in [5.74, 6) is 1.91. The second-order valence-corrected chi connectivity index (χ2v) is 10.3. The van der Waals surface area contributed by atoms with Crippen LogP contribution in [0.3, 0.4) is 0 Å². The SMILES string of the molecule is CC.CC(=O)C(C)CCCC(C)C(C)C(=O)C(C)C1Cc2ccccc2C1.CCCN1NC1NC=O. The Kier molecular flexibility index (Phi) is 14.8. The molecule has 2 aliphatic rings. The van der Waals surface area contributed by atoms with Gasteiger partial charge >= 0.3 is 0 Å². The van der Waals surface area contributed by atoms with E-state index >= 15 is 0 Å². The molecule has 2 N–H and O–H groups in total. The van der Waals surface area contributed by atoms with Crippen LogP contribution in [-0.2, 0) is 27.2 Å². The molecule has 6 heteroatoms. The van der Waals surface area contributed by atoms with Gasteiger partial charge in [0.2, 0.25) is 6.41 Å². The first-order valence-corrected chi connectivity index (χ1v) is 14.0. The molecule has 6 nitrogen and oxygen atoms in total. The Morgan fingerprint density at radius 3 is 2.17 bits per heavy atom. The van der Waals surface area contributed by atoms with E-state index < -0.39 is 0 Å². The van der Waals surface area contributed by atoms with Crippen LogP contribution in [0.25, 0.3) is 0 Å². The lowest BCUT2D eigenvalue weighted by Gasteiger charge is -2.25. The highest BCUT2D eigenvalue weighted by Gasteiger charge is 2.33. The zero-order valence-electron chi connectivity index (χ0n) is 24.0. The number of carbonyl (C=O) groups is 3.